The molecule has 0 saturated heterocycles. The van der Waals surface area contributed by atoms with Gasteiger partial charge in [0, 0.05) is 12.2 Å². The summed E-state index contributed by atoms with van der Waals surface area (Å²) in [6, 6.07) is 3.23. The summed E-state index contributed by atoms with van der Waals surface area (Å²) >= 11 is 1.26. The number of nitrogens with zero attached hydrogens (tertiary/aromatic N) is 1. The molecule has 1 heterocycles. The summed E-state index contributed by atoms with van der Waals surface area (Å²) in [5.41, 5.74) is 0.189. The van der Waals surface area contributed by atoms with E-state index in [2.05, 4.69) is 10.3 Å². The van der Waals surface area contributed by atoms with Crippen molar-refractivity contribution in [3.63, 3.8) is 0 Å². The fraction of sp³-hybridized carbons (Fsp3) is 0.462. The quantitative estimate of drug-likeness (QED) is 0.806. The predicted octanol–water partition coefficient (Wildman–Crippen LogP) is 1.93. The molecule has 1 aromatic rings. The fourth-order valence-electron chi connectivity index (χ4n) is 2.10. The summed E-state index contributed by atoms with van der Waals surface area (Å²) in [5, 5.41) is 12.4. The van der Waals surface area contributed by atoms with Gasteiger partial charge in [-0.3, -0.25) is 4.79 Å². The molecule has 102 valence electrons. The summed E-state index contributed by atoms with van der Waals surface area (Å²) in [7, 11) is 0. The zero-order valence-electron chi connectivity index (χ0n) is 10.5. The van der Waals surface area contributed by atoms with E-state index < -0.39 is 5.97 Å². The number of amides is 1. The van der Waals surface area contributed by atoms with E-state index in [1.54, 1.807) is 0 Å². The Bertz CT molecular complexity index is 473. The number of hydrogen-bond donors (Lipinski definition) is 2. The van der Waals surface area contributed by atoms with Gasteiger partial charge in [-0.25, -0.2) is 9.78 Å². The average molecular weight is 280 g/mol. The summed E-state index contributed by atoms with van der Waals surface area (Å²) in [4.78, 5) is 26.6. The van der Waals surface area contributed by atoms with E-state index >= 15 is 0 Å². The number of rotatable bonds is 5. The molecular formula is C13H16N2O3S. The van der Waals surface area contributed by atoms with Crippen molar-refractivity contribution in [1.82, 2.24) is 10.3 Å². The van der Waals surface area contributed by atoms with Gasteiger partial charge >= 0.3 is 5.97 Å². The highest BCUT2D eigenvalue weighted by Gasteiger charge is 2.17. The second-order valence-corrected chi connectivity index (χ2v) is 5.52. The molecule has 2 rings (SSSR count). The number of carbonyl (C=O) groups is 2. The number of aromatic carboxylic acids is 1. The molecule has 2 N–H and O–H groups in total. The van der Waals surface area contributed by atoms with Gasteiger partial charge in [-0.1, -0.05) is 24.6 Å². The van der Waals surface area contributed by atoms with Crippen LogP contribution in [0.15, 0.2) is 23.4 Å². The van der Waals surface area contributed by atoms with E-state index in [1.165, 1.54) is 42.9 Å². The standard InChI is InChI=1S/C13H16N2O3S/c16-11(15-10-3-1-2-4-10)8-19-12-7-9(13(17)18)5-6-14-12/h5-7,10H,1-4,8H2,(H,15,16)(H,17,18). The van der Waals surface area contributed by atoms with E-state index in [0.29, 0.717) is 11.1 Å². The van der Waals surface area contributed by atoms with E-state index in [0.717, 1.165) is 12.8 Å². The van der Waals surface area contributed by atoms with Crippen LogP contribution in [0.4, 0.5) is 0 Å². The summed E-state index contributed by atoms with van der Waals surface area (Å²) < 4.78 is 0. The highest BCUT2D eigenvalue weighted by Crippen LogP contribution is 2.19. The third kappa shape index (κ3) is 4.24. The van der Waals surface area contributed by atoms with E-state index in [9.17, 15) is 9.59 Å². The highest BCUT2D eigenvalue weighted by atomic mass is 32.2. The van der Waals surface area contributed by atoms with Gasteiger partial charge in [0.2, 0.25) is 5.91 Å². The average Bonchev–Trinajstić information content (AvgIpc) is 2.89. The normalized spacial score (nSPS) is 15.4. The summed E-state index contributed by atoms with van der Waals surface area (Å²) in [6.45, 7) is 0. The van der Waals surface area contributed by atoms with Crippen LogP contribution in [0.3, 0.4) is 0 Å². The molecule has 0 unspecified atom stereocenters. The molecule has 1 aliphatic rings. The number of thioether (sulfide) groups is 1. The van der Waals surface area contributed by atoms with E-state index in [1.807, 2.05) is 0 Å². The Morgan fingerprint density at radius 1 is 1.42 bits per heavy atom. The van der Waals surface area contributed by atoms with Crippen LogP contribution in [-0.4, -0.2) is 33.8 Å². The topological polar surface area (TPSA) is 79.3 Å². The SMILES string of the molecule is O=C(CSc1cc(C(=O)O)ccn1)NC1CCCC1. The molecule has 0 atom stereocenters. The minimum absolute atomic E-state index is 0.0144. The molecule has 1 fully saturated rings. The first-order valence-corrected chi connectivity index (χ1v) is 7.25. The Hall–Kier alpha value is -1.56. The van der Waals surface area contributed by atoms with Crippen LogP contribution in [0.5, 0.6) is 0 Å². The van der Waals surface area contributed by atoms with E-state index in [-0.39, 0.29) is 17.2 Å². The number of carboxylic acid groups (broad SMARTS) is 1. The molecule has 0 aromatic carbocycles. The second kappa shape index (κ2) is 6.56. The van der Waals surface area contributed by atoms with Crippen molar-refractivity contribution in [1.29, 1.82) is 0 Å². The monoisotopic (exact) mass is 280 g/mol. The molecule has 1 saturated carbocycles. The van der Waals surface area contributed by atoms with Gasteiger partial charge < -0.3 is 10.4 Å². The first-order valence-electron chi connectivity index (χ1n) is 6.26. The van der Waals surface area contributed by atoms with Crippen molar-refractivity contribution in [2.24, 2.45) is 0 Å². The minimum Gasteiger partial charge on any atom is -0.478 e. The van der Waals surface area contributed by atoms with Crippen molar-refractivity contribution in [2.45, 2.75) is 36.8 Å². The number of pyridine rings is 1. The van der Waals surface area contributed by atoms with Crippen molar-refractivity contribution >= 4 is 23.6 Å². The van der Waals surface area contributed by atoms with Crippen molar-refractivity contribution in [3.8, 4) is 0 Å². The maximum Gasteiger partial charge on any atom is 0.335 e. The van der Waals surface area contributed by atoms with Crippen LogP contribution < -0.4 is 5.32 Å². The molecule has 1 aromatic heterocycles. The Kier molecular flexibility index (Phi) is 4.79. The third-order valence-corrected chi connectivity index (χ3v) is 3.98. The van der Waals surface area contributed by atoms with Crippen molar-refractivity contribution in [3.05, 3.63) is 23.9 Å². The Balaban J connectivity index is 1.82. The molecule has 0 bridgehead atoms. The largest absolute Gasteiger partial charge is 0.478 e. The zero-order valence-corrected chi connectivity index (χ0v) is 11.3. The van der Waals surface area contributed by atoms with Crippen LogP contribution in [0.2, 0.25) is 0 Å². The maximum atomic E-state index is 11.7. The van der Waals surface area contributed by atoms with Gasteiger partial charge in [-0.2, -0.15) is 0 Å². The molecule has 0 aliphatic heterocycles. The molecule has 5 nitrogen and oxygen atoms in total. The predicted molar refractivity (Wildman–Crippen MR) is 72.3 cm³/mol. The maximum absolute atomic E-state index is 11.7. The molecule has 0 radical (unpaired) electrons. The molecule has 1 amide bonds. The van der Waals surface area contributed by atoms with Crippen LogP contribution in [0.25, 0.3) is 0 Å². The summed E-state index contributed by atoms with van der Waals surface area (Å²) in [5.74, 6) is -0.730. The lowest BCUT2D eigenvalue weighted by Crippen LogP contribution is -2.33. The Morgan fingerprint density at radius 2 is 2.16 bits per heavy atom. The van der Waals surface area contributed by atoms with E-state index in [4.69, 9.17) is 5.11 Å². The lowest BCUT2D eigenvalue weighted by molar-refractivity contribution is -0.119. The van der Waals surface area contributed by atoms with Gasteiger partial charge in [-0.15, -0.1) is 0 Å². The first kappa shape index (κ1) is 13.9. The molecular weight excluding hydrogens is 264 g/mol. The van der Waals surface area contributed by atoms with Crippen molar-refractivity contribution < 1.29 is 14.7 Å². The van der Waals surface area contributed by atoms with Crippen molar-refractivity contribution in [2.75, 3.05) is 5.75 Å². The molecule has 0 spiro atoms. The number of nitrogens with one attached hydrogen (secondary N) is 1. The van der Waals surface area contributed by atoms with Crippen LogP contribution in [0.1, 0.15) is 36.0 Å². The Labute approximate surface area is 115 Å². The summed E-state index contributed by atoms with van der Waals surface area (Å²) in [6.07, 6.45) is 5.92. The van der Waals surface area contributed by atoms with Crippen LogP contribution in [-0.2, 0) is 4.79 Å². The van der Waals surface area contributed by atoms with Crippen LogP contribution >= 0.6 is 11.8 Å². The highest BCUT2D eigenvalue weighted by molar-refractivity contribution is 7.99. The minimum atomic E-state index is -0.986. The number of carbonyl (C=O) groups excluding carboxylic acids is 1. The van der Waals surface area contributed by atoms with Gasteiger partial charge in [-0.05, 0) is 25.0 Å². The fourth-order valence-corrected chi connectivity index (χ4v) is 2.81. The lowest BCUT2D eigenvalue weighted by atomic mass is 10.2. The third-order valence-electron chi connectivity index (χ3n) is 3.05. The second-order valence-electron chi connectivity index (χ2n) is 4.53. The number of aromatic nitrogens is 1. The van der Waals surface area contributed by atoms with Gasteiger partial charge in [0.05, 0.1) is 16.3 Å². The first-order chi connectivity index (χ1) is 9.15. The van der Waals surface area contributed by atoms with Gasteiger partial charge in [0.1, 0.15) is 0 Å². The Morgan fingerprint density at radius 3 is 2.84 bits per heavy atom. The van der Waals surface area contributed by atoms with Gasteiger partial charge in [0.25, 0.3) is 0 Å². The smallest absolute Gasteiger partial charge is 0.335 e. The lowest BCUT2D eigenvalue weighted by Gasteiger charge is -2.11. The zero-order chi connectivity index (χ0) is 13.7. The number of carboxylic acids is 1. The molecule has 19 heavy (non-hydrogen) atoms. The van der Waals surface area contributed by atoms with Crippen LogP contribution in [0, 0.1) is 0 Å². The van der Waals surface area contributed by atoms with Gasteiger partial charge in [0.15, 0.2) is 0 Å². The number of hydrogen-bond acceptors (Lipinski definition) is 4. The molecule has 6 heteroatoms. The molecule has 1 aliphatic carbocycles.